The van der Waals surface area contributed by atoms with Gasteiger partial charge in [0.05, 0.1) is 11.4 Å². The van der Waals surface area contributed by atoms with Gasteiger partial charge < -0.3 is 5.11 Å². The Kier molecular flexibility index (Phi) is 14.5. The number of fused-ring (bicyclic) bond motifs is 2. The average molecular weight is 883 g/mol. The Balaban J connectivity index is 0.000000335. The molecule has 3 aromatic heterocycles. The standard InChI is InChI=1S/C29H28N3S.C15H28O2.Ir/c1-18(2)12-20-15-27(32-28-23(20)10-11-33-28)26-16-25(30-17-31-26)21-13-19-8-6-7-9-22(19)24(14-21)29(3,4)5;1-7-14(5,8-2)12(16)11-13(17)15(6,9-3)10-4;/h6-11,14-18H,12H2,1-5H3;11,16H,7-10H2,1-6H3;/q-1;;/b;12-11-;. The summed E-state index contributed by atoms with van der Waals surface area (Å²) in [6, 6.07) is 20.7. The molecule has 275 valence electrons. The van der Waals surface area contributed by atoms with E-state index in [9.17, 15) is 9.90 Å². The first-order valence-electron chi connectivity index (χ1n) is 18.2. The fourth-order valence-electron chi connectivity index (χ4n) is 6.07. The number of allylic oxidation sites excluding steroid dienone is 2. The Hall–Kier alpha value is -3.25. The van der Waals surface area contributed by atoms with Crippen molar-refractivity contribution in [3.63, 3.8) is 0 Å². The van der Waals surface area contributed by atoms with Crippen molar-refractivity contribution in [2.45, 2.75) is 114 Å². The second-order valence-electron chi connectivity index (χ2n) is 15.5. The van der Waals surface area contributed by atoms with Crippen LogP contribution in [0, 0.1) is 22.8 Å². The average Bonchev–Trinajstić information content (AvgIpc) is 3.59. The number of aliphatic hydroxyl groups excluding tert-OH is 1. The second-order valence-corrected chi connectivity index (χ2v) is 16.4. The molecule has 0 aliphatic rings. The third-order valence-corrected chi connectivity index (χ3v) is 11.3. The van der Waals surface area contributed by atoms with Gasteiger partial charge in [0.25, 0.3) is 0 Å². The van der Waals surface area contributed by atoms with Crippen LogP contribution in [0.3, 0.4) is 0 Å². The fourth-order valence-corrected chi connectivity index (χ4v) is 6.88. The summed E-state index contributed by atoms with van der Waals surface area (Å²) in [5, 5.41) is 15.9. The Bertz CT molecular complexity index is 1960. The molecule has 5 aromatic rings. The van der Waals surface area contributed by atoms with Gasteiger partial charge in [-0.3, -0.25) is 9.78 Å². The maximum Gasteiger partial charge on any atom is 0.164 e. The number of rotatable bonds is 11. The van der Waals surface area contributed by atoms with E-state index in [1.54, 1.807) is 17.7 Å². The number of benzene rings is 2. The van der Waals surface area contributed by atoms with E-state index in [1.807, 2.05) is 47.6 Å². The molecule has 0 amide bonds. The second kappa shape index (κ2) is 17.5. The van der Waals surface area contributed by atoms with Gasteiger partial charge >= 0.3 is 0 Å². The van der Waals surface area contributed by atoms with Crippen LogP contribution in [0.4, 0.5) is 0 Å². The first kappa shape index (κ1) is 42.2. The first-order chi connectivity index (χ1) is 23.6. The Morgan fingerprint density at radius 3 is 2.08 bits per heavy atom. The third kappa shape index (κ3) is 9.80. The molecule has 0 bridgehead atoms. The summed E-state index contributed by atoms with van der Waals surface area (Å²) >= 11 is 1.68. The molecule has 0 saturated carbocycles. The SMILES string of the molecule is CC(C)Cc1cc(-c2cc(-c3[c-]c4ccccc4c(C(C)(C)C)c3)ncn2)nc2sccc12.CCC(C)(CC)C(=O)/C=C(\O)C(C)(CC)CC.[Ir]. The molecule has 0 spiro atoms. The molecule has 0 aliphatic heterocycles. The molecule has 0 fully saturated rings. The van der Waals surface area contributed by atoms with Gasteiger partial charge in [-0.05, 0) is 72.6 Å². The van der Waals surface area contributed by atoms with E-state index in [0.717, 1.165) is 65.0 Å². The molecule has 1 N–H and O–H groups in total. The van der Waals surface area contributed by atoms with Crippen LogP contribution in [0.25, 0.3) is 43.6 Å². The number of ketones is 1. The van der Waals surface area contributed by atoms with Gasteiger partial charge in [-0.25, -0.2) is 9.97 Å². The Morgan fingerprint density at radius 2 is 1.47 bits per heavy atom. The van der Waals surface area contributed by atoms with Gasteiger partial charge in [-0.15, -0.1) is 40.5 Å². The molecule has 0 unspecified atom stereocenters. The van der Waals surface area contributed by atoms with Crippen molar-refractivity contribution in [2.24, 2.45) is 16.7 Å². The van der Waals surface area contributed by atoms with E-state index in [2.05, 4.69) is 98.5 Å². The van der Waals surface area contributed by atoms with Crippen molar-refractivity contribution in [2.75, 3.05) is 0 Å². The zero-order valence-electron chi connectivity index (χ0n) is 32.4. The van der Waals surface area contributed by atoms with Crippen LogP contribution in [-0.4, -0.2) is 25.8 Å². The largest absolute Gasteiger partial charge is 0.512 e. The minimum Gasteiger partial charge on any atom is -0.512 e. The van der Waals surface area contributed by atoms with E-state index < -0.39 is 0 Å². The summed E-state index contributed by atoms with van der Waals surface area (Å²) < 4.78 is 0. The molecule has 0 saturated heterocycles. The minimum atomic E-state index is -0.337. The zero-order valence-corrected chi connectivity index (χ0v) is 35.6. The molecule has 0 atom stereocenters. The van der Waals surface area contributed by atoms with Crippen LogP contribution < -0.4 is 0 Å². The number of thiophene rings is 1. The van der Waals surface area contributed by atoms with Gasteiger partial charge in [0.1, 0.15) is 16.9 Å². The minimum absolute atomic E-state index is 0. The maximum absolute atomic E-state index is 12.2. The van der Waals surface area contributed by atoms with Crippen LogP contribution in [0.15, 0.2) is 72.1 Å². The summed E-state index contributed by atoms with van der Waals surface area (Å²) in [6.07, 6.45) is 7.42. The van der Waals surface area contributed by atoms with Crippen LogP contribution in [0.5, 0.6) is 0 Å². The van der Waals surface area contributed by atoms with Gasteiger partial charge in [0.2, 0.25) is 0 Å². The van der Waals surface area contributed by atoms with E-state index in [1.165, 1.54) is 28.0 Å². The summed E-state index contributed by atoms with van der Waals surface area (Å²) in [6.45, 7) is 23.3. The molecule has 0 aliphatic carbocycles. The Morgan fingerprint density at radius 1 is 0.843 bits per heavy atom. The summed E-state index contributed by atoms with van der Waals surface area (Å²) in [7, 11) is 0. The smallest absolute Gasteiger partial charge is 0.164 e. The van der Waals surface area contributed by atoms with Crippen molar-refractivity contribution in [3.8, 4) is 22.6 Å². The quantitative estimate of drug-likeness (QED) is 0.0812. The number of aromatic nitrogens is 3. The molecule has 5 nitrogen and oxygen atoms in total. The number of hydrogen-bond donors (Lipinski definition) is 1. The fraction of sp³-hybridized carbons (Fsp3) is 0.455. The normalized spacial score (nSPS) is 12.5. The number of carbonyl (C=O) groups excluding carboxylic acids is 1. The van der Waals surface area contributed by atoms with Crippen molar-refractivity contribution in [1.29, 1.82) is 0 Å². The van der Waals surface area contributed by atoms with Gasteiger partial charge in [-0.2, -0.15) is 0 Å². The van der Waals surface area contributed by atoms with Crippen molar-refractivity contribution in [3.05, 3.63) is 89.3 Å². The number of hydrogen-bond acceptors (Lipinski definition) is 6. The van der Waals surface area contributed by atoms with Gasteiger partial charge in [0, 0.05) is 48.1 Å². The molecule has 3 heterocycles. The topological polar surface area (TPSA) is 76.0 Å². The van der Waals surface area contributed by atoms with Gasteiger partial charge in [0.15, 0.2) is 5.78 Å². The van der Waals surface area contributed by atoms with E-state index in [0.29, 0.717) is 5.92 Å². The van der Waals surface area contributed by atoms with Crippen LogP contribution in [-0.2, 0) is 36.7 Å². The Labute approximate surface area is 323 Å². The predicted molar refractivity (Wildman–Crippen MR) is 213 cm³/mol. The molecule has 2 aromatic carbocycles. The molecular weight excluding hydrogens is 827 g/mol. The van der Waals surface area contributed by atoms with Crippen molar-refractivity contribution >= 4 is 38.1 Å². The van der Waals surface area contributed by atoms with E-state index in [-0.39, 0.29) is 47.9 Å². The maximum atomic E-state index is 12.2. The predicted octanol–water partition coefficient (Wildman–Crippen LogP) is 12.5. The van der Waals surface area contributed by atoms with Gasteiger partial charge in [-0.1, -0.05) is 105 Å². The van der Waals surface area contributed by atoms with Crippen LogP contribution in [0.2, 0.25) is 0 Å². The molecular formula is C44H56IrN3O2S-. The third-order valence-electron chi connectivity index (χ3n) is 10.5. The van der Waals surface area contributed by atoms with Crippen molar-refractivity contribution < 1.29 is 30.0 Å². The number of pyridine rings is 1. The molecule has 5 rings (SSSR count). The summed E-state index contributed by atoms with van der Waals surface area (Å²) in [5.74, 6) is 0.862. The molecule has 51 heavy (non-hydrogen) atoms. The van der Waals surface area contributed by atoms with E-state index in [4.69, 9.17) is 4.98 Å². The van der Waals surface area contributed by atoms with E-state index >= 15 is 0 Å². The number of carbonyl (C=O) groups is 1. The monoisotopic (exact) mass is 883 g/mol. The summed E-state index contributed by atoms with van der Waals surface area (Å²) in [5.41, 5.74) is 5.64. The molecule has 7 heteroatoms. The number of nitrogens with zero attached hydrogens (tertiary/aromatic N) is 3. The summed E-state index contributed by atoms with van der Waals surface area (Å²) in [4.78, 5) is 27.4. The van der Waals surface area contributed by atoms with Crippen molar-refractivity contribution in [1.82, 2.24) is 15.0 Å². The van der Waals surface area contributed by atoms with Crippen LogP contribution in [0.1, 0.15) is 113 Å². The van der Waals surface area contributed by atoms with Crippen LogP contribution >= 0.6 is 11.3 Å². The first-order valence-corrected chi connectivity index (χ1v) is 19.1. The zero-order chi connectivity index (χ0) is 36.9. The molecule has 1 radical (unpaired) electrons. The number of aliphatic hydroxyl groups is 1.